The molecule has 1 saturated heterocycles. The van der Waals surface area contributed by atoms with Crippen LogP contribution < -0.4 is 5.76 Å². The Labute approximate surface area is 153 Å². The van der Waals surface area contributed by atoms with Crippen molar-refractivity contribution in [2.75, 3.05) is 13.1 Å². The van der Waals surface area contributed by atoms with Gasteiger partial charge in [0.1, 0.15) is 11.6 Å². The lowest BCUT2D eigenvalue weighted by molar-refractivity contribution is 0.0804. The molecule has 3 aromatic rings. The Hall–Kier alpha value is -2.80. The van der Waals surface area contributed by atoms with E-state index in [2.05, 4.69) is 4.90 Å². The van der Waals surface area contributed by atoms with E-state index in [0.29, 0.717) is 38.2 Å². The molecule has 5 nitrogen and oxygen atoms in total. The Morgan fingerprint density at radius 2 is 1.85 bits per heavy atom. The molecule has 0 radical (unpaired) electrons. The summed E-state index contributed by atoms with van der Waals surface area (Å²) in [6.07, 6.45) is 1.05. The summed E-state index contributed by atoms with van der Waals surface area (Å²) in [6.45, 7) is 1.53. The number of Topliss-reactive ketones (excluding diaryl/α,β-unsaturated/α-hetero) is 1. The summed E-state index contributed by atoms with van der Waals surface area (Å²) in [7, 11) is 0. The zero-order valence-corrected chi connectivity index (χ0v) is 14.5. The monoisotopic (exact) mass is 372 g/mol. The lowest BCUT2D eigenvalue weighted by atomic mass is 9.89. The predicted molar refractivity (Wildman–Crippen MR) is 95.5 cm³/mol. The summed E-state index contributed by atoms with van der Waals surface area (Å²) in [6, 6.07) is 10.1. The number of hydrogen-bond donors (Lipinski definition) is 0. The van der Waals surface area contributed by atoms with Crippen molar-refractivity contribution in [3.05, 3.63) is 70.2 Å². The topological polar surface area (TPSA) is 55.5 Å². The van der Waals surface area contributed by atoms with E-state index in [4.69, 9.17) is 4.42 Å². The fraction of sp³-hybridized carbons (Fsp3) is 0.300. The molecule has 140 valence electrons. The molecule has 27 heavy (non-hydrogen) atoms. The van der Waals surface area contributed by atoms with Crippen molar-refractivity contribution in [3.63, 3.8) is 0 Å². The van der Waals surface area contributed by atoms with Gasteiger partial charge in [0.15, 0.2) is 11.4 Å². The van der Waals surface area contributed by atoms with Crippen LogP contribution in [0.2, 0.25) is 0 Å². The summed E-state index contributed by atoms with van der Waals surface area (Å²) in [5.74, 6) is -2.45. The third-order valence-electron chi connectivity index (χ3n) is 5.07. The first kappa shape index (κ1) is 17.6. The van der Waals surface area contributed by atoms with Gasteiger partial charge in [0, 0.05) is 19.0 Å². The van der Waals surface area contributed by atoms with Crippen LogP contribution in [0.15, 0.2) is 51.7 Å². The van der Waals surface area contributed by atoms with Gasteiger partial charge in [-0.05, 0) is 43.2 Å². The van der Waals surface area contributed by atoms with Gasteiger partial charge in [-0.1, -0.05) is 12.1 Å². The summed E-state index contributed by atoms with van der Waals surface area (Å²) in [4.78, 5) is 26.7. The molecule has 2 aromatic carbocycles. The largest absolute Gasteiger partial charge is 0.421 e. The number of carbonyl (C=O) groups excluding carboxylic acids is 1. The predicted octanol–water partition coefficient (Wildman–Crippen LogP) is 3.43. The molecule has 7 heteroatoms. The maximum atomic E-state index is 13.9. The summed E-state index contributed by atoms with van der Waals surface area (Å²) >= 11 is 0. The number of oxazole rings is 1. The zero-order valence-electron chi connectivity index (χ0n) is 14.5. The molecule has 1 fully saturated rings. The van der Waals surface area contributed by atoms with Crippen LogP contribution in [-0.4, -0.2) is 28.3 Å². The van der Waals surface area contributed by atoms with Crippen LogP contribution in [0.1, 0.15) is 23.2 Å². The number of fused-ring (bicyclic) bond motifs is 1. The second kappa shape index (κ2) is 7.08. The van der Waals surface area contributed by atoms with Gasteiger partial charge in [-0.2, -0.15) is 0 Å². The number of nitrogens with zero attached hydrogens (tertiary/aromatic N) is 2. The summed E-state index contributed by atoms with van der Waals surface area (Å²) in [5, 5.41) is 0. The number of benzene rings is 2. The van der Waals surface area contributed by atoms with E-state index in [9.17, 15) is 18.4 Å². The lowest BCUT2D eigenvalue weighted by Crippen LogP contribution is -2.39. The van der Waals surface area contributed by atoms with Crippen LogP contribution >= 0.6 is 0 Å². The summed E-state index contributed by atoms with van der Waals surface area (Å²) < 4.78 is 34.0. The van der Waals surface area contributed by atoms with E-state index in [1.165, 1.54) is 0 Å². The first-order valence-corrected chi connectivity index (χ1v) is 8.83. The number of ketones is 1. The van der Waals surface area contributed by atoms with Crippen molar-refractivity contribution in [2.24, 2.45) is 5.92 Å². The second-order valence-electron chi connectivity index (χ2n) is 6.79. The number of aromatic nitrogens is 1. The number of rotatable bonds is 4. The Kier molecular flexibility index (Phi) is 4.61. The molecule has 0 spiro atoms. The van der Waals surface area contributed by atoms with Crippen LogP contribution in [0, 0.1) is 17.6 Å². The Balaban J connectivity index is 1.44. The average molecular weight is 372 g/mol. The highest BCUT2D eigenvalue weighted by atomic mass is 19.1. The Bertz CT molecular complexity index is 1050. The smallest absolute Gasteiger partial charge is 0.408 e. The highest BCUT2D eigenvalue weighted by molar-refractivity contribution is 5.98. The van der Waals surface area contributed by atoms with E-state index >= 15 is 0 Å². The fourth-order valence-electron chi connectivity index (χ4n) is 3.59. The van der Waals surface area contributed by atoms with E-state index < -0.39 is 17.4 Å². The molecular weight excluding hydrogens is 354 g/mol. The fourth-order valence-corrected chi connectivity index (χ4v) is 3.59. The first-order valence-electron chi connectivity index (χ1n) is 8.83. The molecule has 4 rings (SSSR count). The van der Waals surface area contributed by atoms with E-state index in [-0.39, 0.29) is 17.3 Å². The van der Waals surface area contributed by atoms with Crippen molar-refractivity contribution in [2.45, 2.75) is 19.5 Å². The molecule has 1 aliphatic rings. The molecule has 0 N–H and O–H groups in total. The van der Waals surface area contributed by atoms with E-state index in [1.807, 2.05) is 12.1 Å². The highest BCUT2D eigenvalue weighted by Crippen LogP contribution is 2.24. The molecule has 2 heterocycles. The van der Waals surface area contributed by atoms with Gasteiger partial charge in [0.2, 0.25) is 0 Å². The average Bonchev–Trinajstić information content (AvgIpc) is 2.99. The van der Waals surface area contributed by atoms with Crippen LogP contribution in [0.3, 0.4) is 0 Å². The third kappa shape index (κ3) is 3.42. The van der Waals surface area contributed by atoms with E-state index in [0.717, 1.165) is 23.7 Å². The molecular formula is C20H18F2N2O3. The highest BCUT2D eigenvalue weighted by Gasteiger charge is 2.28. The third-order valence-corrected chi connectivity index (χ3v) is 5.07. The maximum Gasteiger partial charge on any atom is 0.421 e. The van der Waals surface area contributed by atoms with Crippen molar-refractivity contribution >= 4 is 16.9 Å². The van der Waals surface area contributed by atoms with Crippen molar-refractivity contribution in [1.29, 1.82) is 0 Å². The molecule has 1 aliphatic heterocycles. The number of halogens is 2. The molecule has 0 aliphatic carbocycles. The number of likely N-dealkylation sites (tertiary alicyclic amines) is 1. The van der Waals surface area contributed by atoms with Crippen molar-refractivity contribution in [3.8, 4) is 0 Å². The van der Waals surface area contributed by atoms with Gasteiger partial charge in [-0.15, -0.1) is 0 Å². The van der Waals surface area contributed by atoms with Crippen LogP contribution in [0.4, 0.5) is 8.78 Å². The number of hydrogen-bond acceptors (Lipinski definition) is 4. The zero-order chi connectivity index (χ0) is 19.0. The molecule has 0 atom stereocenters. The van der Waals surface area contributed by atoms with Crippen LogP contribution in [0.5, 0.6) is 0 Å². The quantitative estimate of drug-likeness (QED) is 0.659. The minimum Gasteiger partial charge on any atom is -0.408 e. The van der Waals surface area contributed by atoms with Gasteiger partial charge >= 0.3 is 5.76 Å². The van der Waals surface area contributed by atoms with Gasteiger partial charge < -0.3 is 4.42 Å². The van der Waals surface area contributed by atoms with E-state index in [1.54, 1.807) is 16.7 Å². The SMILES string of the molecule is O=C(c1cc(F)ccc1F)C1CCN(Cn2c(=O)oc3ccccc32)CC1. The molecule has 1 aromatic heterocycles. The molecule has 0 bridgehead atoms. The van der Waals surface area contributed by atoms with Crippen LogP contribution in [0.25, 0.3) is 11.1 Å². The maximum absolute atomic E-state index is 13.9. The molecule has 0 saturated carbocycles. The first-order chi connectivity index (χ1) is 13.0. The second-order valence-corrected chi connectivity index (χ2v) is 6.79. The Morgan fingerprint density at radius 3 is 2.63 bits per heavy atom. The van der Waals surface area contributed by atoms with Gasteiger partial charge in [-0.25, -0.2) is 13.6 Å². The van der Waals surface area contributed by atoms with Gasteiger partial charge in [0.25, 0.3) is 0 Å². The van der Waals surface area contributed by atoms with Gasteiger partial charge in [-0.3, -0.25) is 14.3 Å². The number of carbonyl (C=O) groups is 1. The van der Waals surface area contributed by atoms with Crippen molar-refractivity contribution < 1.29 is 18.0 Å². The lowest BCUT2D eigenvalue weighted by Gasteiger charge is -2.31. The normalized spacial score (nSPS) is 16.1. The summed E-state index contributed by atoms with van der Waals surface area (Å²) in [5.41, 5.74) is 1.07. The minimum absolute atomic E-state index is 0.189. The van der Waals surface area contributed by atoms with Crippen LogP contribution in [-0.2, 0) is 6.67 Å². The Morgan fingerprint density at radius 1 is 1.11 bits per heavy atom. The standard InChI is InChI=1S/C20H18F2N2O3/c21-14-5-6-16(22)15(11-14)19(25)13-7-9-23(10-8-13)12-24-17-3-1-2-4-18(17)27-20(24)26/h1-6,11,13H,7-10,12H2. The minimum atomic E-state index is -0.694. The molecule has 0 amide bonds. The molecule has 0 unspecified atom stereocenters. The van der Waals surface area contributed by atoms with Crippen molar-refractivity contribution in [1.82, 2.24) is 9.47 Å². The number of para-hydroxylation sites is 2. The van der Waals surface area contributed by atoms with Gasteiger partial charge in [0.05, 0.1) is 17.7 Å². The number of piperidine rings is 1.